The average Bonchev–Trinajstić information content (AvgIpc) is 2.37. The maximum Gasteiger partial charge on any atom is 0.347 e. The third-order valence-electron chi connectivity index (χ3n) is 3.03. The highest BCUT2D eigenvalue weighted by Crippen LogP contribution is 2.29. The first-order chi connectivity index (χ1) is 8.24. The van der Waals surface area contributed by atoms with Gasteiger partial charge in [-0.1, -0.05) is 19.1 Å². The van der Waals surface area contributed by atoms with Crippen LogP contribution in [-0.4, -0.2) is 18.7 Å². The van der Waals surface area contributed by atoms with E-state index in [9.17, 15) is 4.79 Å². The van der Waals surface area contributed by atoms with E-state index in [0.29, 0.717) is 13.0 Å². The number of carbonyl (C=O) groups excluding carboxylic acids is 1. The lowest BCUT2D eigenvalue weighted by atomic mass is 10.00. The number of aryl methyl sites for hydroxylation is 2. The first-order valence-corrected chi connectivity index (χ1v) is 6.19. The van der Waals surface area contributed by atoms with E-state index in [1.807, 2.05) is 13.0 Å². The van der Waals surface area contributed by atoms with Crippen LogP contribution in [0.3, 0.4) is 0 Å². The Morgan fingerprint density at radius 2 is 2.29 bits per heavy atom. The van der Waals surface area contributed by atoms with Crippen LogP contribution in [-0.2, 0) is 22.4 Å². The van der Waals surface area contributed by atoms with E-state index in [2.05, 4.69) is 19.1 Å². The summed E-state index contributed by atoms with van der Waals surface area (Å²) in [5.41, 5.74) is 2.41. The van der Waals surface area contributed by atoms with Crippen molar-refractivity contribution < 1.29 is 14.3 Å². The minimum atomic E-state index is -0.436. The second-order valence-corrected chi connectivity index (χ2v) is 4.19. The molecule has 1 heterocycles. The average molecular weight is 234 g/mol. The summed E-state index contributed by atoms with van der Waals surface area (Å²) in [7, 11) is 0. The Balaban J connectivity index is 2.14. The van der Waals surface area contributed by atoms with Crippen molar-refractivity contribution in [1.29, 1.82) is 0 Å². The van der Waals surface area contributed by atoms with Crippen LogP contribution in [0, 0.1) is 0 Å². The molecule has 0 saturated heterocycles. The van der Waals surface area contributed by atoms with Gasteiger partial charge in [0.25, 0.3) is 0 Å². The summed E-state index contributed by atoms with van der Waals surface area (Å²) < 4.78 is 10.7. The molecule has 0 fully saturated rings. The smallest absolute Gasteiger partial charge is 0.347 e. The monoisotopic (exact) mass is 234 g/mol. The van der Waals surface area contributed by atoms with Gasteiger partial charge in [0.1, 0.15) is 5.75 Å². The number of rotatable bonds is 3. The molecule has 0 radical (unpaired) electrons. The molecule has 0 aromatic heterocycles. The zero-order chi connectivity index (χ0) is 12.3. The molecule has 0 spiro atoms. The van der Waals surface area contributed by atoms with E-state index in [0.717, 1.165) is 18.6 Å². The molecular weight excluding hydrogens is 216 g/mol. The molecule has 1 aromatic rings. The number of esters is 1. The lowest BCUT2D eigenvalue weighted by Crippen LogP contribution is -2.32. The van der Waals surface area contributed by atoms with Gasteiger partial charge in [-0.25, -0.2) is 4.79 Å². The Morgan fingerprint density at radius 3 is 3.00 bits per heavy atom. The summed E-state index contributed by atoms with van der Waals surface area (Å²) in [6.45, 7) is 4.32. The fourth-order valence-corrected chi connectivity index (χ4v) is 2.04. The molecule has 0 saturated carbocycles. The molecule has 1 aliphatic rings. The predicted molar refractivity (Wildman–Crippen MR) is 65.2 cm³/mol. The summed E-state index contributed by atoms with van der Waals surface area (Å²) in [5.74, 6) is 0.591. The second kappa shape index (κ2) is 5.21. The topological polar surface area (TPSA) is 35.5 Å². The second-order valence-electron chi connectivity index (χ2n) is 4.19. The molecule has 17 heavy (non-hydrogen) atoms. The number of hydrogen-bond acceptors (Lipinski definition) is 3. The van der Waals surface area contributed by atoms with Crippen LogP contribution in [0.15, 0.2) is 18.2 Å². The molecule has 1 aliphatic heterocycles. The van der Waals surface area contributed by atoms with Crippen LogP contribution in [0.5, 0.6) is 5.75 Å². The van der Waals surface area contributed by atoms with Gasteiger partial charge in [0.2, 0.25) is 0 Å². The van der Waals surface area contributed by atoms with Gasteiger partial charge in [-0.3, -0.25) is 0 Å². The Bertz CT molecular complexity index is 412. The third kappa shape index (κ3) is 2.60. The summed E-state index contributed by atoms with van der Waals surface area (Å²) in [6.07, 6.45) is 2.12. The standard InChI is InChI=1S/C14H18O3/c1-3-10-5-6-11-7-8-12(14(15)16-4-2)17-13(11)9-10/h5-6,9,12H,3-4,7-8H2,1-2H3. The molecule has 0 amide bonds. The number of ether oxygens (including phenoxy) is 2. The molecule has 1 unspecified atom stereocenters. The Morgan fingerprint density at radius 1 is 1.47 bits per heavy atom. The summed E-state index contributed by atoms with van der Waals surface area (Å²) in [4.78, 5) is 11.6. The molecule has 0 N–H and O–H groups in total. The fraction of sp³-hybridized carbons (Fsp3) is 0.500. The third-order valence-corrected chi connectivity index (χ3v) is 3.03. The highest BCUT2D eigenvalue weighted by molar-refractivity contribution is 5.75. The van der Waals surface area contributed by atoms with Gasteiger partial charge in [-0.2, -0.15) is 0 Å². The molecular formula is C14H18O3. The van der Waals surface area contributed by atoms with E-state index in [1.54, 1.807) is 0 Å². The highest BCUT2D eigenvalue weighted by Gasteiger charge is 2.27. The number of hydrogen-bond donors (Lipinski definition) is 0. The van der Waals surface area contributed by atoms with E-state index >= 15 is 0 Å². The maximum absolute atomic E-state index is 11.6. The number of carbonyl (C=O) groups is 1. The summed E-state index contributed by atoms with van der Waals surface area (Å²) in [5, 5.41) is 0. The van der Waals surface area contributed by atoms with Crippen molar-refractivity contribution in [2.45, 2.75) is 39.2 Å². The summed E-state index contributed by atoms with van der Waals surface area (Å²) in [6, 6.07) is 6.24. The van der Waals surface area contributed by atoms with Crippen molar-refractivity contribution >= 4 is 5.97 Å². The van der Waals surface area contributed by atoms with Gasteiger partial charge >= 0.3 is 5.97 Å². The van der Waals surface area contributed by atoms with Gasteiger partial charge in [0, 0.05) is 0 Å². The van der Waals surface area contributed by atoms with Crippen molar-refractivity contribution in [3.63, 3.8) is 0 Å². The lowest BCUT2D eigenvalue weighted by molar-refractivity contribution is -0.152. The van der Waals surface area contributed by atoms with E-state index in [1.165, 1.54) is 11.1 Å². The van der Waals surface area contributed by atoms with Crippen molar-refractivity contribution in [3.8, 4) is 5.75 Å². The summed E-state index contributed by atoms with van der Waals surface area (Å²) >= 11 is 0. The van der Waals surface area contributed by atoms with Crippen LogP contribution < -0.4 is 4.74 Å². The molecule has 1 atom stereocenters. The minimum absolute atomic E-state index is 0.250. The van der Waals surface area contributed by atoms with Gasteiger partial charge in [0.05, 0.1) is 6.61 Å². The van der Waals surface area contributed by atoms with Gasteiger partial charge in [-0.15, -0.1) is 0 Å². The first-order valence-electron chi connectivity index (χ1n) is 6.19. The largest absolute Gasteiger partial charge is 0.478 e. The van der Waals surface area contributed by atoms with E-state index in [4.69, 9.17) is 9.47 Å². The fourth-order valence-electron chi connectivity index (χ4n) is 2.04. The molecule has 2 rings (SSSR count). The molecule has 1 aromatic carbocycles. The molecule has 92 valence electrons. The maximum atomic E-state index is 11.6. The molecule has 0 aliphatic carbocycles. The van der Waals surface area contributed by atoms with Crippen LogP contribution in [0.2, 0.25) is 0 Å². The van der Waals surface area contributed by atoms with Crippen molar-refractivity contribution in [2.75, 3.05) is 6.61 Å². The minimum Gasteiger partial charge on any atom is -0.478 e. The zero-order valence-electron chi connectivity index (χ0n) is 10.4. The zero-order valence-corrected chi connectivity index (χ0v) is 10.4. The van der Waals surface area contributed by atoms with Crippen molar-refractivity contribution in [2.24, 2.45) is 0 Å². The van der Waals surface area contributed by atoms with Crippen molar-refractivity contribution in [3.05, 3.63) is 29.3 Å². The number of fused-ring (bicyclic) bond motifs is 1. The quantitative estimate of drug-likeness (QED) is 0.754. The van der Waals surface area contributed by atoms with Gasteiger partial charge in [0.15, 0.2) is 6.10 Å². The number of benzene rings is 1. The molecule has 3 heteroatoms. The van der Waals surface area contributed by atoms with Crippen LogP contribution >= 0.6 is 0 Å². The lowest BCUT2D eigenvalue weighted by Gasteiger charge is -2.24. The Hall–Kier alpha value is -1.51. The van der Waals surface area contributed by atoms with Crippen molar-refractivity contribution in [1.82, 2.24) is 0 Å². The predicted octanol–water partition coefficient (Wildman–Crippen LogP) is 2.51. The first kappa shape index (κ1) is 12.0. The van der Waals surface area contributed by atoms with E-state index in [-0.39, 0.29) is 5.97 Å². The van der Waals surface area contributed by atoms with E-state index < -0.39 is 6.10 Å². The normalized spacial score (nSPS) is 18.1. The van der Waals surface area contributed by atoms with Gasteiger partial charge < -0.3 is 9.47 Å². The Kier molecular flexibility index (Phi) is 3.67. The molecule has 3 nitrogen and oxygen atoms in total. The highest BCUT2D eigenvalue weighted by atomic mass is 16.6. The SMILES string of the molecule is CCOC(=O)C1CCc2ccc(CC)cc2O1. The van der Waals surface area contributed by atoms with Crippen LogP contribution in [0.4, 0.5) is 0 Å². The molecule has 0 bridgehead atoms. The van der Waals surface area contributed by atoms with Crippen LogP contribution in [0.1, 0.15) is 31.4 Å². The van der Waals surface area contributed by atoms with Gasteiger partial charge in [-0.05, 0) is 43.4 Å². The van der Waals surface area contributed by atoms with Crippen LogP contribution in [0.25, 0.3) is 0 Å². The Labute approximate surface area is 102 Å².